The zero-order valence-corrected chi connectivity index (χ0v) is 12.7. The molecule has 104 valence electrons. The van der Waals surface area contributed by atoms with Crippen LogP contribution in [-0.4, -0.2) is 27.7 Å². The monoisotopic (exact) mass is 306 g/mol. The first-order valence-corrected chi connectivity index (χ1v) is 7.96. The topological polar surface area (TPSA) is 25.2 Å². The molecular weight excluding hydrogens is 292 g/mol. The quantitative estimate of drug-likeness (QED) is 0.863. The Morgan fingerprint density at radius 2 is 2.25 bits per heavy atom. The maximum absolute atomic E-state index is 11.8. The van der Waals surface area contributed by atoms with Gasteiger partial charge in [-0.2, -0.15) is 0 Å². The largest absolute Gasteiger partial charge is 0.326 e. The molecular formula is C15H15ClN2OS. The van der Waals surface area contributed by atoms with Crippen LogP contribution in [0.5, 0.6) is 0 Å². The normalized spacial score (nSPS) is 18.8. The van der Waals surface area contributed by atoms with E-state index >= 15 is 0 Å². The van der Waals surface area contributed by atoms with E-state index in [1.54, 1.807) is 11.8 Å². The first-order valence-electron chi connectivity index (χ1n) is 6.54. The Morgan fingerprint density at radius 3 is 3.00 bits per heavy atom. The number of amides is 1. The van der Waals surface area contributed by atoms with Gasteiger partial charge in [0.15, 0.2) is 0 Å². The van der Waals surface area contributed by atoms with Gasteiger partial charge in [0, 0.05) is 35.2 Å². The molecule has 0 N–H and O–H groups in total. The lowest BCUT2D eigenvalue weighted by atomic mass is 10.3. The van der Waals surface area contributed by atoms with Crippen molar-refractivity contribution in [1.29, 1.82) is 0 Å². The number of carbonyl (C=O) groups excluding carboxylic acids is 1. The third kappa shape index (κ3) is 2.45. The van der Waals surface area contributed by atoms with Crippen LogP contribution in [0.1, 0.15) is 17.9 Å². The van der Waals surface area contributed by atoms with Crippen molar-refractivity contribution in [1.82, 2.24) is 9.47 Å². The Morgan fingerprint density at radius 1 is 1.40 bits per heavy atom. The minimum absolute atomic E-state index is 0.132. The number of halogens is 1. The van der Waals surface area contributed by atoms with Crippen LogP contribution in [0.25, 0.3) is 5.69 Å². The Hall–Kier alpha value is -1.39. The number of carbonyl (C=O) groups is 1. The highest BCUT2D eigenvalue weighted by Crippen LogP contribution is 2.38. The van der Waals surface area contributed by atoms with E-state index in [-0.39, 0.29) is 11.3 Å². The molecule has 3 rings (SSSR count). The SMILES string of the molecule is CCN1C(=O)CSC1c1ccn(-c2cccc(Cl)c2)c1. The minimum atomic E-state index is 0.132. The summed E-state index contributed by atoms with van der Waals surface area (Å²) in [6.45, 7) is 2.77. The fourth-order valence-corrected chi connectivity index (χ4v) is 3.86. The summed E-state index contributed by atoms with van der Waals surface area (Å²) in [4.78, 5) is 13.7. The molecule has 2 heterocycles. The Bertz CT molecular complexity index is 640. The molecule has 1 atom stereocenters. The highest BCUT2D eigenvalue weighted by molar-refractivity contribution is 8.00. The molecule has 0 radical (unpaired) electrons. The highest BCUT2D eigenvalue weighted by atomic mass is 35.5. The van der Waals surface area contributed by atoms with E-state index in [2.05, 4.69) is 12.3 Å². The molecule has 0 bridgehead atoms. The van der Waals surface area contributed by atoms with Crippen molar-refractivity contribution >= 4 is 29.3 Å². The number of rotatable bonds is 3. The molecule has 1 aliphatic rings. The number of hydrogen-bond acceptors (Lipinski definition) is 2. The lowest BCUT2D eigenvalue weighted by Crippen LogP contribution is -2.27. The van der Waals surface area contributed by atoms with E-state index in [9.17, 15) is 4.79 Å². The minimum Gasteiger partial charge on any atom is -0.326 e. The maximum atomic E-state index is 11.8. The smallest absolute Gasteiger partial charge is 0.233 e. The Labute approximate surface area is 127 Å². The van der Waals surface area contributed by atoms with Crippen molar-refractivity contribution in [2.24, 2.45) is 0 Å². The lowest BCUT2D eigenvalue weighted by Gasteiger charge is -2.21. The van der Waals surface area contributed by atoms with Gasteiger partial charge in [-0.3, -0.25) is 4.79 Å². The molecule has 0 spiro atoms. The second kappa shape index (κ2) is 5.54. The predicted octanol–water partition coefficient (Wildman–Crippen LogP) is 3.72. The zero-order chi connectivity index (χ0) is 14.1. The molecule has 0 aliphatic carbocycles. The molecule has 1 aromatic carbocycles. The summed E-state index contributed by atoms with van der Waals surface area (Å²) in [6, 6.07) is 9.80. The van der Waals surface area contributed by atoms with Gasteiger partial charge >= 0.3 is 0 Å². The van der Waals surface area contributed by atoms with Gasteiger partial charge in [0.25, 0.3) is 0 Å². The summed E-state index contributed by atoms with van der Waals surface area (Å²) < 4.78 is 2.04. The Kier molecular flexibility index (Phi) is 3.76. The second-order valence-electron chi connectivity index (χ2n) is 4.68. The third-order valence-electron chi connectivity index (χ3n) is 3.42. The highest BCUT2D eigenvalue weighted by Gasteiger charge is 2.31. The van der Waals surface area contributed by atoms with Crippen molar-refractivity contribution in [2.45, 2.75) is 12.3 Å². The van der Waals surface area contributed by atoms with Crippen molar-refractivity contribution in [3.8, 4) is 5.69 Å². The zero-order valence-electron chi connectivity index (χ0n) is 11.1. The lowest BCUT2D eigenvalue weighted by molar-refractivity contribution is -0.127. The molecule has 1 fully saturated rings. The number of benzene rings is 1. The van der Waals surface area contributed by atoms with Crippen molar-refractivity contribution < 1.29 is 4.79 Å². The molecule has 1 amide bonds. The molecule has 2 aromatic rings. The number of hydrogen-bond donors (Lipinski definition) is 0. The van der Waals surface area contributed by atoms with Crippen LogP contribution < -0.4 is 0 Å². The van der Waals surface area contributed by atoms with Crippen LogP contribution in [0.15, 0.2) is 42.7 Å². The summed E-state index contributed by atoms with van der Waals surface area (Å²) in [5.41, 5.74) is 2.18. The molecule has 1 aliphatic heterocycles. The predicted molar refractivity (Wildman–Crippen MR) is 83.4 cm³/mol. The molecule has 3 nitrogen and oxygen atoms in total. The van der Waals surface area contributed by atoms with E-state index in [4.69, 9.17) is 11.6 Å². The third-order valence-corrected chi connectivity index (χ3v) is 4.91. The summed E-state index contributed by atoms with van der Waals surface area (Å²) in [5, 5.41) is 0.853. The van der Waals surface area contributed by atoms with E-state index in [0.717, 1.165) is 22.8 Å². The molecule has 0 saturated carbocycles. The number of thioether (sulfide) groups is 1. The van der Waals surface area contributed by atoms with E-state index in [1.807, 2.05) is 46.9 Å². The van der Waals surface area contributed by atoms with Crippen LogP contribution in [0, 0.1) is 0 Å². The number of aromatic nitrogens is 1. The Balaban J connectivity index is 1.89. The molecule has 1 saturated heterocycles. The van der Waals surface area contributed by atoms with Crippen molar-refractivity contribution in [2.75, 3.05) is 12.3 Å². The van der Waals surface area contributed by atoms with Gasteiger partial charge in [0.1, 0.15) is 5.37 Å². The molecule has 1 aromatic heterocycles. The van der Waals surface area contributed by atoms with Crippen LogP contribution in [0.2, 0.25) is 5.02 Å². The summed E-state index contributed by atoms with van der Waals surface area (Å²) in [7, 11) is 0. The average Bonchev–Trinajstić information content (AvgIpc) is 3.04. The van der Waals surface area contributed by atoms with E-state index in [1.165, 1.54) is 0 Å². The molecule has 5 heteroatoms. The van der Waals surface area contributed by atoms with E-state index < -0.39 is 0 Å². The second-order valence-corrected chi connectivity index (χ2v) is 6.18. The first kappa shape index (κ1) is 13.6. The molecule has 20 heavy (non-hydrogen) atoms. The van der Waals surface area contributed by atoms with Crippen LogP contribution in [-0.2, 0) is 4.79 Å². The fourth-order valence-electron chi connectivity index (χ4n) is 2.43. The van der Waals surface area contributed by atoms with Gasteiger partial charge in [-0.05, 0) is 31.2 Å². The van der Waals surface area contributed by atoms with Gasteiger partial charge in [-0.15, -0.1) is 11.8 Å². The van der Waals surface area contributed by atoms with Crippen LogP contribution in [0.3, 0.4) is 0 Å². The van der Waals surface area contributed by atoms with Gasteiger partial charge < -0.3 is 9.47 Å². The summed E-state index contributed by atoms with van der Waals surface area (Å²) >= 11 is 7.71. The van der Waals surface area contributed by atoms with Crippen molar-refractivity contribution in [3.05, 3.63) is 53.3 Å². The van der Waals surface area contributed by atoms with Gasteiger partial charge in [0.05, 0.1) is 5.75 Å². The van der Waals surface area contributed by atoms with Gasteiger partial charge in [-0.25, -0.2) is 0 Å². The van der Waals surface area contributed by atoms with Crippen LogP contribution in [0.4, 0.5) is 0 Å². The number of nitrogens with zero attached hydrogens (tertiary/aromatic N) is 2. The maximum Gasteiger partial charge on any atom is 0.233 e. The standard InChI is InChI=1S/C15H15ClN2OS/c1-2-18-14(19)10-20-15(18)11-6-7-17(9-11)13-5-3-4-12(16)8-13/h3-9,15H,2,10H2,1H3. The average molecular weight is 307 g/mol. The fraction of sp³-hybridized carbons (Fsp3) is 0.267. The summed E-state index contributed by atoms with van der Waals surface area (Å²) in [5.74, 6) is 0.791. The first-order chi connectivity index (χ1) is 9.69. The van der Waals surface area contributed by atoms with Gasteiger partial charge in [-0.1, -0.05) is 17.7 Å². The van der Waals surface area contributed by atoms with E-state index in [0.29, 0.717) is 5.75 Å². The van der Waals surface area contributed by atoms with Gasteiger partial charge in [0.2, 0.25) is 5.91 Å². The van der Waals surface area contributed by atoms with Crippen LogP contribution >= 0.6 is 23.4 Å². The van der Waals surface area contributed by atoms with Crippen molar-refractivity contribution in [3.63, 3.8) is 0 Å². The summed E-state index contributed by atoms with van der Waals surface area (Å²) in [6.07, 6.45) is 4.09. The molecule has 1 unspecified atom stereocenters.